The first-order valence-corrected chi connectivity index (χ1v) is 11.0. The number of nitrogens with zero attached hydrogens (tertiary/aromatic N) is 3. The lowest BCUT2D eigenvalue weighted by Gasteiger charge is -2.13. The molecule has 5 rings (SSSR count). The van der Waals surface area contributed by atoms with Crippen molar-refractivity contribution in [3.8, 4) is 11.4 Å². The summed E-state index contributed by atoms with van der Waals surface area (Å²) >= 11 is 1.41. The molecule has 0 amide bonds. The van der Waals surface area contributed by atoms with Gasteiger partial charge in [0.25, 0.3) is 0 Å². The first-order chi connectivity index (χ1) is 14.1. The Labute approximate surface area is 173 Å². The number of halogens is 1. The van der Waals surface area contributed by atoms with Gasteiger partial charge in [0.1, 0.15) is 5.82 Å². The molecule has 29 heavy (non-hydrogen) atoms. The third kappa shape index (κ3) is 3.50. The molecule has 6 heteroatoms. The van der Waals surface area contributed by atoms with Crippen molar-refractivity contribution in [1.82, 2.24) is 14.8 Å². The highest BCUT2D eigenvalue weighted by Crippen LogP contribution is 2.42. The molecule has 0 bridgehead atoms. The van der Waals surface area contributed by atoms with E-state index in [9.17, 15) is 9.18 Å². The summed E-state index contributed by atoms with van der Waals surface area (Å²) in [4.78, 5) is 13.0. The molecule has 148 valence electrons. The van der Waals surface area contributed by atoms with Crippen LogP contribution in [0, 0.1) is 5.82 Å². The zero-order valence-corrected chi connectivity index (χ0v) is 17.1. The van der Waals surface area contributed by atoms with Crippen molar-refractivity contribution in [2.24, 2.45) is 0 Å². The fourth-order valence-corrected chi connectivity index (χ4v) is 5.01. The molecule has 3 aromatic rings. The van der Waals surface area contributed by atoms with E-state index in [2.05, 4.69) is 22.3 Å². The Morgan fingerprint density at radius 1 is 1.14 bits per heavy atom. The minimum atomic E-state index is -0.305. The molecule has 2 aliphatic rings. The zero-order chi connectivity index (χ0) is 20.0. The van der Waals surface area contributed by atoms with Crippen LogP contribution in [0.25, 0.3) is 11.4 Å². The highest BCUT2D eigenvalue weighted by atomic mass is 32.2. The summed E-state index contributed by atoms with van der Waals surface area (Å²) in [7, 11) is 0. The lowest BCUT2D eigenvalue weighted by atomic mass is 10.0. The van der Waals surface area contributed by atoms with Gasteiger partial charge >= 0.3 is 0 Å². The van der Waals surface area contributed by atoms with Crippen molar-refractivity contribution >= 4 is 17.5 Å². The Morgan fingerprint density at radius 3 is 2.72 bits per heavy atom. The van der Waals surface area contributed by atoms with Crippen LogP contribution in [-0.4, -0.2) is 25.8 Å². The standard InChI is InChI=1S/C23H22FN3OS/c1-14(21(28)17-10-9-15-5-4-6-16(15)13-17)29-23-26-25-22(27(23)18-11-12-18)19-7-2-3-8-20(19)24/h2-3,7-10,13-14,18H,4-6,11-12H2,1H3/t14-/m1/s1. The average Bonchev–Trinajstić information content (AvgIpc) is 3.31. The van der Waals surface area contributed by atoms with E-state index in [1.165, 1.54) is 35.4 Å². The lowest BCUT2D eigenvalue weighted by molar-refractivity contribution is 0.0993. The number of carbonyl (C=O) groups excluding carboxylic acids is 1. The highest BCUT2D eigenvalue weighted by molar-refractivity contribution is 8.00. The summed E-state index contributed by atoms with van der Waals surface area (Å²) in [6.45, 7) is 1.91. The van der Waals surface area contributed by atoms with Gasteiger partial charge in [-0.1, -0.05) is 36.0 Å². The summed E-state index contributed by atoms with van der Waals surface area (Å²) in [5.74, 6) is 0.341. The predicted octanol–water partition coefficient (Wildman–Crippen LogP) is 5.27. The van der Waals surface area contributed by atoms with E-state index in [0.717, 1.165) is 31.2 Å². The van der Waals surface area contributed by atoms with Crippen LogP contribution in [0.15, 0.2) is 47.6 Å². The smallest absolute Gasteiger partial charge is 0.192 e. The van der Waals surface area contributed by atoms with Crippen LogP contribution >= 0.6 is 11.8 Å². The van der Waals surface area contributed by atoms with Gasteiger partial charge in [-0.15, -0.1) is 10.2 Å². The number of hydrogen-bond acceptors (Lipinski definition) is 4. The van der Waals surface area contributed by atoms with Crippen LogP contribution in [-0.2, 0) is 12.8 Å². The molecule has 1 heterocycles. The summed E-state index contributed by atoms with van der Waals surface area (Å²) in [6.07, 6.45) is 5.39. The van der Waals surface area contributed by atoms with Crippen LogP contribution in [0.1, 0.15) is 53.7 Å². The van der Waals surface area contributed by atoms with Gasteiger partial charge in [0.15, 0.2) is 16.8 Å². The predicted molar refractivity (Wildman–Crippen MR) is 112 cm³/mol. The third-order valence-electron chi connectivity index (χ3n) is 5.73. The molecule has 1 aromatic heterocycles. The first kappa shape index (κ1) is 18.6. The minimum absolute atomic E-state index is 0.0995. The normalized spacial score (nSPS) is 16.6. The van der Waals surface area contributed by atoms with Crippen molar-refractivity contribution in [2.45, 2.75) is 55.5 Å². The van der Waals surface area contributed by atoms with Gasteiger partial charge in [-0.3, -0.25) is 9.36 Å². The number of fused-ring (bicyclic) bond motifs is 1. The number of aryl methyl sites for hydroxylation is 2. The molecule has 0 radical (unpaired) electrons. The highest BCUT2D eigenvalue weighted by Gasteiger charge is 2.32. The lowest BCUT2D eigenvalue weighted by Crippen LogP contribution is -2.15. The van der Waals surface area contributed by atoms with Crippen molar-refractivity contribution < 1.29 is 9.18 Å². The Kier molecular flexibility index (Phi) is 4.74. The second-order valence-corrected chi connectivity index (χ2v) is 9.16. The minimum Gasteiger partial charge on any atom is -0.299 e. The van der Waals surface area contributed by atoms with Gasteiger partial charge in [0, 0.05) is 11.6 Å². The van der Waals surface area contributed by atoms with E-state index < -0.39 is 0 Å². The molecule has 0 aliphatic heterocycles. The Hall–Kier alpha value is -2.47. The SMILES string of the molecule is C[C@@H](Sc1nnc(-c2ccccc2F)n1C1CC1)C(=O)c1ccc2c(c1)CCC2. The maximum absolute atomic E-state index is 14.3. The quantitative estimate of drug-likeness (QED) is 0.412. The number of ketones is 1. The molecule has 4 nitrogen and oxygen atoms in total. The Bertz CT molecular complexity index is 1090. The van der Waals surface area contributed by atoms with Crippen LogP contribution in [0.2, 0.25) is 0 Å². The van der Waals surface area contributed by atoms with Crippen LogP contribution in [0.5, 0.6) is 0 Å². The molecule has 1 saturated carbocycles. The van der Waals surface area contributed by atoms with Crippen molar-refractivity contribution in [3.63, 3.8) is 0 Å². The second kappa shape index (κ2) is 7.41. The number of Topliss-reactive ketones (excluding diaryl/α,β-unsaturated/α-hetero) is 1. The van der Waals surface area contributed by atoms with Gasteiger partial charge in [-0.25, -0.2) is 4.39 Å². The van der Waals surface area contributed by atoms with Gasteiger partial charge < -0.3 is 0 Å². The number of rotatable bonds is 6. The van der Waals surface area contributed by atoms with E-state index >= 15 is 0 Å². The van der Waals surface area contributed by atoms with E-state index in [0.29, 0.717) is 16.5 Å². The number of benzene rings is 2. The van der Waals surface area contributed by atoms with Crippen LogP contribution < -0.4 is 0 Å². The molecule has 2 aliphatic carbocycles. The number of hydrogen-bond donors (Lipinski definition) is 0. The number of aromatic nitrogens is 3. The summed E-state index contributed by atoms with van der Waals surface area (Å²) in [5, 5.41) is 9.01. The molecule has 0 spiro atoms. The maximum Gasteiger partial charge on any atom is 0.192 e. The van der Waals surface area contributed by atoms with Gasteiger partial charge in [-0.05, 0) is 68.4 Å². The summed E-state index contributed by atoms with van der Waals surface area (Å²) in [6, 6.07) is 13.0. The summed E-state index contributed by atoms with van der Waals surface area (Å²) < 4.78 is 16.3. The molecular formula is C23H22FN3OS. The third-order valence-corrected chi connectivity index (χ3v) is 6.78. The van der Waals surface area contributed by atoms with Crippen molar-refractivity contribution in [2.75, 3.05) is 0 Å². The largest absolute Gasteiger partial charge is 0.299 e. The molecular weight excluding hydrogens is 385 g/mol. The van der Waals surface area contributed by atoms with Crippen molar-refractivity contribution in [1.29, 1.82) is 0 Å². The summed E-state index contributed by atoms with van der Waals surface area (Å²) in [5.41, 5.74) is 3.88. The molecule has 0 N–H and O–H groups in total. The number of carbonyl (C=O) groups is 1. The van der Waals surface area contributed by atoms with E-state index in [-0.39, 0.29) is 22.9 Å². The van der Waals surface area contributed by atoms with Crippen LogP contribution in [0.4, 0.5) is 4.39 Å². The second-order valence-electron chi connectivity index (χ2n) is 7.85. The molecule has 1 fully saturated rings. The van der Waals surface area contributed by atoms with E-state index in [1.54, 1.807) is 18.2 Å². The molecule has 1 atom stereocenters. The van der Waals surface area contributed by atoms with Crippen LogP contribution in [0.3, 0.4) is 0 Å². The van der Waals surface area contributed by atoms with E-state index in [4.69, 9.17) is 0 Å². The first-order valence-electron chi connectivity index (χ1n) is 10.1. The Balaban J connectivity index is 1.42. The molecule has 2 aromatic carbocycles. The van der Waals surface area contributed by atoms with E-state index in [1.807, 2.05) is 17.6 Å². The molecule has 0 saturated heterocycles. The fourth-order valence-electron chi connectivity index (χ4n) is 4.02. The van der Waals surface area contributed by atoms with Crippen molar-refractivity contribution in [3.05, 3.63) is 65.0 Å². The van der Waals surface area contributed by atoms with Gasteiger partial charge in [0.05, 0.1) is 10.8 Å². The fraction of sp³-hybridized carbons (Fsp3) is 0.348. The van der Waals surface area contributed by atoms with Gasteiger partial charge in [0.2, 0.25) is 0 Å². The maximum atomic E-state index is 14.3. The monoisotopic (exact) mass is 407 g/mol. The van der Waals surface area contributed by atoms with Gasteiger partial charge in [-0.2, -0.15) is 0 Å². The topological polar surface area (TPSA) is 47.8 Å². The zero-order valence-electron chi connectivity index (χ0n) is 16.3. The Morgan fingerprint density at radius 2 is 1.93 bits per heavy atom. The molecule has 0 unspecified atom stereocenters. The average molecular weight is 408 g/mol. The number of thioether (sulfide) groups is 1.